The maximum Gasteiger partial charge on any atom is 0.187 e. The van der Waals surface area contributed by atoms with Gasteiger partial charge in [-0.1, -0.05) is 11.8 Å². The third kappa shape index (κ3) is 3.17. The zero-order valence-electron chi connectivity index (χ0n) is 9.43. The smallest absolute Gasteiger partial charge is 0.187 e. The molecular weight excluding hydrogens is 222 g/mol. The number of nitrogens with two attached hydrogens (primary N) is 1. The van der Waals surface area contributed by atoms with Crippen molar-refractivity contribution in [3.63, 3.8) is 0 Å². The molecule has 1 aliphatic rings. The molecule has 1 aromatic heterocycles. The Morgan fingerprint density at radius 2 is 2.56 bits per heavy atom. The second-order valence-electron chi connectivity index (χ2n) is 4.08. The number of aromatic nitrogens is 2. The molecule has 0 aliphatic carbocycles. The van der Waals surface area contributed by atoms with Crippen molar-refractivity contribution in [3.05, 3.63) is 18.0 Å². The molecule has 16 heavy (non-hydrogen) atoms. The monoisotopic (exact) mass is 239 g/mol. The molecule has 0 bridgehead atoms. The van der Waals surface area contributed by atoms with Crippen LogP contribution in [0.25, 0.3) is 0 Å². The summed E-state index contributed by atoms with van der Waals surface area (Å²) in [6, 6.07) is 2.08. The summed E-state index contributed by atoms with van der Waals surface area (Å²) in [5.41, 5.74) is 7.10. The lowest BCUT2D eigenvalue weighted by Crippen LogP contribution is -2.32. The van der Waals surface area contributed by atoms with Gasteiger partial charge in [-0.3, -0.25) is 0 Å². The average molecular weight is 239 g/mol. The Kier molecular flexibility index (Phi) is 4.15. The molecule has 2 N–H and O–H groups in total. The molecule has 2 atom stereocenters. The first kappa shape index (κ1) is 11.8. The van der Waals surface area contributed by atoms with Crippen molar-refractivity contribution < 1.29 is 4.74 Å². The van der Waals surface area contributed by atoms with Gasteiger partial charge in [-0.05, 0) is 19.4 Å². The maximum absolute atomic E-state index is 6.11. The van der Waals surface area contributed by atoms with E-state index in [-0.39, 0.29) is 6.04 Å². The van der Waals surface area contributed by atoms with Gasteiger partial charge in [0.25, 0.3) is 0 Å². The van der Waals surface area contributed by atoms with Crippen LogP contribution in [0.1, 0.15) is 12.1 Å². The summed E-state index contributed by atoms with van der Waals surface area (Å²) in [6.45, 7) is 3.62. The Morgan fingerprint density at radius 3 is 3.25 bits per heavy atom. The van der Waals surface area contributed by atoms with E-state index in [0.717, 1.165) is 36.2 Å². The molecule has 1 aromatic rings. The van der Waals surface area contributed by atoms with Crippen molar-refractivity contribution in [2.75, 3.05) is 19.0 Å². The van der Waals surface area contributed by atoms with Crippen LogP contribution in [0, 0.1) is 12.8 Å². The highest BCUT2D eigenvalue weighted by atomic mass is 32.2. The number of aryl methyl sites for hydroxylation is 1. The van der Waals surface area contributed by atoms with E-state index in [1.54, 1.807) is 18.0 Å². The van der Waals surface area contributed by atoms with E-state index < -0.39 is 0 Å². The number of nitrogens with zero attached hydrogens (tertiary/aromatic N) is 2. The molecule has 5 heteroatoms. The van der Waals surface area contributed by atoms with Gasteiger partial charge in [0.1, 0.15) is 0 Å². The Bertz CT molecular complexity index is 342. The topological polar surface area (TPSA) is 61.0 Å². The molecule has 0 radical (unpaired) electrons. The fourth-order valence-electron chi connectivity index (χ4n) is 1.69. The normalized spacial score (nSPS) is 22.2. The summed E-state index contributed by atoms with van der Waals surface area (Å²) in [6.07, 6.45) is 2.87. The lowest BCUT2D eigenvalue weighted by Gasteiger charge is -2.16. The van der Waals surface area contributed by atoms with Crippen molar-refractivity contribution in [2.24, 2.45) is 11.7 Å². The standard InChI is InChI=1S/C11H17N3OS/c1-8-2-4-13-11(14-8)16-7-10(12)9-3-5-15-6-9/h2,4,9-10H,3,5-7,12H2,1H3. The van der Waals surface area contributed by atoms with Crippen LogP contribution in [0.2, 0.25) is 0 Å². The molecule has 0 aromatic carbocycles. The minimum Gasteiger partial charge on any atom is -0.381 e. The van der Waals surface area contributed by atoms with Crippen LogP contribution < -0.4 is 5.73 Å². The van der Waals surface area contributed by atoms with Crippen molar-refractivity contribution in [3.8, 4) is 0 Å². The van der Waals surface area contributed by atoms with Crippen molar-refractivity contribution in [1.29, 1.82) is 0 Å². The van der Waals surface area contributed by atoms with Gasteiger partial charge in [0, 0.05) is 36.2 Å². The average Bonchev–Trinajstić information content (AvgIpc) is 2.79. The zero-order valence-corrected chi connectivity index (χ0v) is 10.2. The number of hydrogen-bond donors (Lipinski definition) is 1. The second kappa shape index (κ2) is 5.61. The lowest BCUT2D eigenvalue weighted by molar-refractivity contribution is 0.182. The van der Waals surface area contributed by atoms with E-state index in [9.17, 15) is 0 Å². The molecule has 88 valence electrons. The zero-order chi connectivity index (χ0) is 11.4. The largest absolute Gasteiger partial charge is 0.381 e. The molecule has 0 spiro atoms. The molecule has 0 saturated carbocycles. The van der Waals surface area contributed by atoms with Crippen LogP contribution in [0.3, 0.4) is 0 Å². The molecule has 0 amide bonds. The minimum absolute atomic E-state index is 0.177. The Hall–Kier alpha value is -0.650. The van der Waals surface area contributed by atoms with Gasteiger partial charge in [-0.2, -0.15) is 0 Å². The third-order valence-electron chi connectivity index (χ3n) is 2.75. The van der Waals surface area contributed by atoms with Gasteiger partial charge in [-0.15, -0.1) is 0 Å². The van der Waals surface area contributed by atoms with Crippen LogP contribution >= 0.6 is 11.8 Å². The Morgan fingerprint density at radius 1 is 1.69 bits per heavy atom. The van der Waals surface area contributed by atoms with Gasteiger partial charge < -0.3 is 10.5 Å². The van der Waals surface area contributed by atoms with Crippen LogP contribution in [-0.4, -0.2) is 35.0 Å². The van der Waals surface area contributed by atoms with Crippen LogP contribution in [0.4, 0.5) is 0 Å². The molecule has 2 rings (SSSR count). The predicted octanol–water partition coefficient (Wildman–Crippen LogP) is 1.24. The van der Waals surface area contributed by atoms with Crippen LogP contribution in [0.15, 0.2) is 17.4 Å². The molecule has 2 heterocycles. The molecule has 1 fully saturated rings. The third-order valence-corrected chi connectivity index (χ3v) is 3.75. The highest BCUT2D eigenvalue weighted by Gasteiger charge is 2.22. The lowest BCUT2D eigenvalue weighted by atomic mass is 10.0. The first-order valence-corrected chi connectivity index (χ1v) is 6.50. The quantitative estimate of drug-likeness (QED) is 0.633. The molecule has 1 saturated heterocycles. The van der Waals surface area contributed by atoms with Gasteiger partial charge in [0.2, 0.25) is 0 Å². The minimum atomic E-state index is 0.177. The van der Waals surface area contributed by atoms with Gasteiger partial charge in [-0.25, -0.2) is 9.97 Å². The summed E-state index contributed by atoms with van der Waals surface area (Å²) in [5.74, 6) is 1.36. The summed E-state index contributed by atoms with van der Waals surface area (Å²) >= 11 is 1.63. The molecule has 2 unspecified atom stereocenters. The van der Waals surface area contributed by atoms with Crippen molar-refractivity contribution in [1.82, 2.24) is 9.97 Å². The van der Waals surface area contributed by atoms with Crippen molar-refractivity contribution in [2.45, 2.75) is 24.5 Å². The Labute approximate surface area is 100.0 Å². The number of ether oxygens (including phenoxy) is 1. The van der Waals surface area contributed by atoms with E-state index in [1.165, 1.54) is 0 Å². The van der Waals surface area contributed by atoms with E-state index in [2.05, 4.69) is 9.97 Å². The van der Waals surface area contributed by atoms with Gasteiger partial charge in [0.05, 0.1) is 6.61 Å². The predicted molar refractivity (Wildman–Crippen MR) is 64.4 cm³/mol. The fourth-order valence-corrected chi connectivity index (χ4v) is 2.65. The highest BCUT2D eigenvalue weighted by Crippen LogP contribution is 2.21. The number of thioether (sulfide) groups is 1. The van der Waals surface area contributed by atoms with Crippen molar-refractivity contribution >= 4 is 11.8 Å². The summed E-state index contributed by atoms with van der Waals surface area (Å²) < 4.78 is 5.33. The molecule has 4 nitrogen and oxygen atoms in total. The molecular formula is C11H17N3OS. The van der Waals surface area contributed by atoms with E-state index >= 15 is 0 Å². The van der Waals surface area contributed by atoms with Gasteiger partial charge >= 0.3 is 0 Å². The van der Waals surface area contributed by atoms with Crippen LogP contribution in [-0.2, 0) is 4.74 Å². The SMILES string of the molecule is Cc1ccnc(SCC(N)C2CCOC2)n1. The summed E-state index contributed by atoms with van der Waals surface area (Å²) in [4.78, 5) is 8.54. The Balaban J connectivity index is 1.82. The maximum atomic E-state index is 6.11. The van der Waals surface area contributed by atoms with Crippen LogP contribution in [0.5, 0.6) is 0 Å². The molecule has 1 aliphatic heterocycles. The number of hydrogen-bond acceptors (Lipinski definition) is 5. The summed E-state index contributed by atoms with van der Waals surface area (Å²) in [7, 11) is 0. The first-order chi connectivity index (χ1) is 7.75. The van der Waals surface area contributed by atoms with E-state index in [1.807, 2.05) is 13.0 Å². The van der Waals surface area contributed by atoms with Gasteiger partial charge in [0.15, 0.2) is 5.16 Å². The number of rotatable bonds is 4. The summed E-state index contributed by atoms with van der Waals surface area (Å²) in [5, 5.41) is 0.814. The van der Waals surface area contributed by atoms with E-state index in [0.29, 0.717) is 5.92 Å². The highest BCUT2D eigenvalue weighted by molar-refractivity contribution is 7.99. The second-order valence-corrected chi connectivity index (χ2v) is 5.07. The van der Waals surface area contributed by atoms with E-state index in [4.69, 9.17) is 10.5 Å². The first-order valence-electron chi connectivity index (χ1n) is 5.51. The fraction of sp³-hybridized carbons (Fsp3) is 0.636.